The molecule has 3 aromatic rings. The molecule has 1 aromatic heterocycles. The number of benzene rings is 2. The largest absolute Gasteiger partial charge is 0.268 e. The molecule has 1 heterocycles. The molecule has 0 aliphatic carbocycles. The van der Waals surface area contributed by atoms with Crippen LogP contribution in [0.4, 0.5) is 0 Å². The first-order chi connectivity index (χ1) is 11.3. The number of aromatic amines is 1. The van der Waals surface area contributed by atoms with Gasteiger partial charge in [-0.25, -0.2) is 5.10 Å². The van der Waals surface area contributed by atoms with Crippen LogP contribution in [0.25, 0.3) is 10.8 Å². The van der Waals surface area contributed by atoms with Gasteiger partial charge in [0.1, 0.15) is 0 Å². The fraction of sp³-hybridized carbons (Fsp3) is 0.300. The summed E-state index contributed by atoms with van der Waals surface area (Å²) in [5.74, 6) is 0. The Bertz CT molecular complexity index is 846. The Hall–Kier alpha value is -2.42. The Kier molecular flexibility index (Phi) is 4.86. The third-order valence-electron chi connectivity index (χ3n) is 4.23. The quantitative estimate of drug-likeness (QED) is 0.692. The zero-order chi connectivity index (χ0) is 16.1. The molecule has 23 heavy (non-hydrogen) atoms. The van der Waals surface area contributed by atoms with Gasteiger partial charge in [0.25, 0.3) is 5.56 Å². The van der Waals surface area contributed by atoms with E-state index in [1.54, 1.807) is 0 Å². The summed E-state index contributed by atoms with van der Waals surface area (Å²) in [7, 11) is 0. The van der Waals surface area contributed by atoms with Crippen LogP contribution < -0.4 is 5.56 Å². The fourth-order valence-electron chi connectivity index (χ4n) is 2.96. The molecule has 0 unspecified atom stereocenters. The Morgan fingerprint density at radius 3 is 2.70 bits per heavy atom. The summed E-state index contributed by atoms with van der Waals surface area (Å²) in [5, 5.41) is 9.25. The summed E-state index contributed by atoms with van der Waals surface area (Å²) >= 11 is 0. The number of hydrogen-bond acceptors (Lipinski definition) is 2. The van der Waals surface area contributed by atoms with Gasteiger partial charge in [0, 0.05) is 12.0 Å². The number of hydrogen-bond donors (Lipinski definition) is 1. The Balaban J connectivity index is 1.89. The van der Waals surface area contributed by atoms with E-state index in [2.05, 4.69) is 47.5 Å². The zero-order valence-corrected chi connectivity index (χ0v) is 13.5. The highest BCUT2D eigenvalue weighted by molar-refractivity contribution is 5.85. The van der Waals surface area contributed by atoms with Crippen molar-refractivity contribution in [1.29, 1.82) is 0 Å². The monoisotopic (exact) mass is 306 g/mol. The van der Waals surface area contributed by atoms with Gasteiger partial charge in [-0.15, -0.1) is 0 Å². The summed E-state index contributed by atoms with van der Waals surface area (Å²) in [6.45, 7) is 2.19. The second-order valence-electron chi connectivity index (χ2n) is 5.99. The minimum absolute atomic E-state index is 0.0859. The van der Waals surface area contributed by atoms with Gasteiger partial charge in [-0.05, 0) is 35.2 Å². The topological polar surface area (TPSA) is 45.8 Å². The number of aryl methyl sites for hydroxylation is 1. The van der Waals surface area contributed by atoms with Crippen LogP contribution in [-0.4, -0.2) is 10.2 Å². The van der Waals surface area contributed by atoms with Crippen molar-refractivity contribution in [2.75, 3.05) is 0 Å². The summed E-state index contributed by atoms with van der Waals surface area (Å²) in [4.78, 5) is 12.1. The molecule has 3 nitrogen and oxygen atoms in total. The summed E-state index contributed by atoms with van der Waals surface area (Å²) in [6.07, 6.45) is 5.06. The highest BCUT2D eigenvalue weighted by Crippen LogP contribution is 2.20. The summed E-state index contributed by atoms with van der Waals surface area (Å²) < 4.78 is 0. The van der Waals surface area contributed by atoms with E-state index < -0.39 is 0 Å². The molecular weight excluding hydrogens is 284 g/mol. The van der Waals surface area contributed by atoms with Crippen molar-refractivity contribution in [3.8, 4) is 0 Å². The van der Waals surface area contributed by atoms with E-state index in [0.717, 1.165) is 24.1 Å². The molecule has 0 saturated carbocycles. The number of H-pyrrole nitrogens is 1. The number of nitrogens with one attached hydrogen (secondary N) is 1. The van der Waals surface area contributed by atoms with E-state index in [1.165, 1.54) is 29.2 Å². The van der Waals surface area contributed by atoms with Gasteiger partial charge >= 0.3 is 0 Å². The first-order valence-corrected chi connectivity index (χ1v) is 8.32. The minimum Gasteiger partial charge on any atom is -0.268 e. The predicted octanol–water partition coefficient (Wildman–Crippen LogP) is 4.25. The molecule has 0 bridgehead atoms. The second kappa shape index (κ2) is 7.23. The van der Waals surface area contributed by atoms with Crippen molar-refractivity contribution < 1.29 is 0 Å². The molecule has 0 aliphatic heterocycles. The third-order valence-corrected chi connectivity index (χ3v) is 4.23. The smallest absolute Gasteiger partial charge is 0.267 e. The van der Waals surface area contributed by atoms with Gasteiger partial charge < -0.3 is 0 Å². The van der Waals surface area contributed by atoms with Crippen molar-refractivity contribution >= 4 is 10.8 Å². The normalized spacial score (nSPS) is 11.0. The van der Waals surface area contributed by atoms with Crippen LogP contribution in [0.15, 0.2) is 53.3 Å². The lowest BCUT2D eigenvalue weighted by molar-refractivity contribution is 0.695. The van der Waals surface area contributed by atoms with Gasteiger partial charge in [0.2, 0.25) is 0 Å². The molecule has 0 amide bonds. The molecule has 3 heteroatoms. The molecule has 0 fully saturated rings. The van der Waals surface area contributed by atoms with Crippen molar-refractivity contribution in [3.05, 3.63) is 75.7 Å². The van der Waals surface area contributed by atoms with Crippen molar-refractivity contribution in [2.45, 2.75) is 39.0 Å². The van der Waals surface area contributed by atoms with Crippen molar-refractivity contribution in [3.63, 3.8) is 0 Å². The van der Waals surface area contributed by atoms with Gasteiger partial charge in [-0.2, -0.15) is 5.10 Å². The van der Waals surface area contributed by atoms with Gasteiger partial charge in [-0.3, -0.25) is 4.79 Å². The molecule has 3 rings (SSSR count). The Morgan fingerprint density at radius 1 is 1.00 bits per heavy atom. The van der Waals surface area contributed by atoms with Crippen LogP contribution in [-0.2, 0) is 12.8 Å². The molecular formula is C20H22N2O. The van der Waals surface area contributed by atoms with Gasteiger partial charge in [-0.1, -0.05) is 62.2 Å². The molecule has 0 spiro atoms. The van der Waals surface area contributed by atoms with Crippen LogP contribution >= 0.6 is 0 Å². The molecule has 1 N–H and O–H groups in total. The SMILES string of the molecule is CCCCCc1cc(Cc2cccc3ccccc23)c(=O)[nH]n1. The molecule has 0 aliphatic rings. The molecule has 0 saturated heterocycles. The van der Waals surface area contributed by atoms with Crippen LogP contribution in [0.2, 0.25) is 0 Å². The van der Waals surface area contributed by atoms with E-state index in [-0.39, 0.29) is 5.56 Å². The lowest BCUT2D eigenvalue weighted by Crippen LogP contribution is -2.16. The number of rotatable bonds is 6. The average molecular weight is 306 g/mol. The number of unbranched alkanes of at least 4 members (excludes halogenated alkanes) is 2. The van der Waals surface area contributed by atoms with Crippen molar-refractivity contribution in [1.82, 2.24) is 10.2 Å². The lowest BCUT2D eigenvalue weighted by Gasteiger charge is -2.07. The fourth-order valence-corrected chi connectivity index (χ4v) is 2.96. The molecule has 118 valence electrons. The van der Waals surface area contributed by atoms with E-state index in [1.807, 2.05) is 18.2 Å². The predicted molar refractivity (Wildman–Crippen MR) is 94.8 cm³/mol. The number of fused-ring (bicyclic) bond motifs is 1. The maximum atomic E-state index is 12.1. The van der Waals surface area contributed by atoms with Crippen LogP contribution in [0.1, 0.15) is 43.0 Å². The first-order valence-electron chi connectivity index (χ1n) is 8.32. The van der Waals surface area contributed by atoms with Gasteiger partial charge in [0.05, 0.1) is 5.69 Å². The standard InChI is InChI=1S/C20H22N2O/c1-2-3-4-11-18-14-17(20(23)22-21-18)13-16-10-7-9-15-8-5-6-12-19(15)16/h5-10,12,14H,2-4,11,13H2,1H3,(H,22,23). The minimum atomic E-state index is -0.0859. The summed E-state index contributed by atoms with van der Waals surface area (Å²) in [5.41, 5.74) is 2.87. The highest BCUT2D eigenvalue weighted by atomic mass is 16.1. The van der Waals surface area contributed by atoms with E-state index >= 15 is 0 Å². The van der Waals surface area contributed by atoms with Crippen LogP contribution in [0.3, 0.4) is 0 Å². The number of aromatic nitrogens is 2. The van der Waals surface area contributed by atoms with Gasteiger partial charge in [0.15, 0.2) is 0 Å². The molecule has 0 atom stereocenters. The van der Waals surface area contributed by atoms with E-state index in [4.69, 9.17) is 0 Å². The Morgan fingerprint density at radius 2 is 1.83 bits per heavy atom. The second-order valence-corrected chi connectivity index (χ2v) is 5.99. The zero-order valence-electron chi connectivity index (χ0n) is 13.5. The maximum absolute atomic E-state index is 12.1. The third kappa shape index (κ3) is 3.67. The Labute approximate surface area is 136 Å². The lowest BCUT2D eigenvalue weighted by atomic mass is 9.99. The first kappa shape index (κ1) is 15.5. The maximum Gasteiger partial charge on any atom is 0.267 e. The van der Waals surface area contributed by atoms with Crippen LogP contribution in [0.5, 0.6) is 0 Å². The van der Waals surface area contributed by atoms with E-state index in [0.29, 0.717) is 6.42 Å². The molecule has 2 aromatic carbocycles. The average Bonchev–Trinajstić information content (AvgIpc) is 2.58. The van der Waals surface area contributed by atoms with Crippen LogP contribution in [0, 0.1) is 0 Å². The highest BCUT2D eigenvalue weighted by Gasteiger charge is 2.07. The molecule has 0 radical (unpaired) electrons. The number of nitrogens with zero attached hydrogens (tertiary/aromatic N) is 1. The van der Waals surface area contributed by atoms with E-state index in [9.17, 15) is 4.79 Å². The summed E-state index contributed by atoms with van der Waals surface area (Å²) in [6, 6.07) is 16.5. The van der Waals surface area contributed by atoms with Crippen molar-refractivity contribution in [2.24, 2.45) is 0 Å².